The molecule has 6 heteroatoms. The second-order valence-electron chi connectivity index (χ2n) is 6.38. The quantitative estimate of drug-likeness (QED) is 0.427. The van der Waals surface area contributed by atoms with E-state index in [4.69, 9.17) is 16.0 Å². The second-order valence-corrected chi connectivity index (χ2v) is 6.82. The number of halogens is 1. The van der Waals surface area contributed by atoms with Crippen LogP contribution in [-0.2, 0) is 11.2 Å². The zero-order valence-corrected chi connectivity index (χ0v) is 16.5. The Kier molecular flexibility index (Phi) is 7.25. The van der Waals surface area contributed by atoms with Crippen molar-refractivity contribution in [1.29, 1.82) is 0 Å². The van der Waals surface area contributed by atoms with Crippen LogP contribution in [0.4, 0.5) is 0 Å². The number of hydrogen-bond donors (Lipinski definition) is 2. The molecule has 5 nitrogen and oxygen atoms in total. The first-order chi connectivity index (χ1) is 14.1. The first-order valence-corrected chi connectivity index (χ1v) is 9.64. The lowest BCUT2D eigenvalue weighted by Crippen LogP contribution is -2.35. The van der Waals surface area contributed by atoms with Gasteiger partial charge in [0, 0.05) is 23.2 Å². The van der Waals surface area contributed by atoms with Crippen LogP contribution in [0.15, 0.2) is 83.1 Å². The highest BCUT2D eigenvalue weighted by molar-refractivity contribution is 6.30. The lowest BCUT2D eigenvalue weighted by molar-refractivity contribution is -0.117. The Morgan fingerprint density at radius 2 is 1.72 bits per heavy atom. The number of amides is 2. The van der Waals surface area contributed by atoms with Gasteiger partial charge in [-0.2, -0.15) is 0 Å². The molecule has 148 valence electrons. The molecule has 0 aliphatic rings. The number of benzene rings is 2. The molecule has 0 fully saturated rings. The van der Waals surface area contributed by atoms with Crippen molar-refractivity contribution in [3.05, 3.63) is 101 Å². The lowest BCUT2D eigenvalue weighted by Gasteiger charge is -2.11. The van der Waals surface area contributed by atoms with Gasteiger partial charge in [0.2, 0.25) is 0 Å². The van der Waals surface area contributed by atoms with Gasteiger partial charge in [-0.15, -0.1) is 0 Å². The summed E-state index contributed by atoms with van der Waals surface area (Å²) in [5.74, 6) is -0.258. The summed E-state index contributed by atoms with van der Waals surface area (Å²) in [6.45, 7) is 0.470. The fourth-order valence-corrected chi connectivity index (χ4v) is 2.82. The molecule has 0 atom stereocenters. The van der Waals surface area contributed by atoms with Gasteiger partial charge in [0.15, 0.2) is 0 Å². The molecular weight excluding hydrogens is 388 g/mol. The number of furan rings is 1. The molecule has 2 amide bonds. The Hall–Kier alpha value is -3.31. The summed E-state index contributed by atoms with van der Waals surface area (Å²) in [5, 5.41) is 6.21. The second kappa shape index (κ2) is 10.3. The van der Waals surface area contributed by atoms with Crippen LogP contribution in [0.25, 0.3) is 6.08 Å². The Morgan fingerprint density at radius 1 is 0.966 bits per heavy atom. The van der Waals surface area contributed by atoms with Gasteiger partial charge >= 0.3 is 0 Å². The van der Waals surface area contributed by atoms with Gasteiger partial charge in [-0.05, 0) is 54.8 Å². The van der Waals surface area contributed by atoms with Gasteiger partial charge in [0.25, 0.3) is 11.8 Å². The van der Waals surface area contributed by atoms with Crippen molar-refractivity contribution in [2.24, 2.45) is 0 Å². The van der Waals surface area contributed by atoms with Crippen molar-refractivity contribution >= 4 is 29.5 Å². The molecule has 3 aromatic rings. The summed E-state index contributed by atoms with van der Waals surface area (Å²) >= 11 is 5.89. The van der Waals surface area contributed by atoms with Crippen LogP contribution in [0.2, 0.25) is 5.02 Å². The molecule has 0 aliphatic heterocycles. The van der Waals surface area contributed by atoms with Crippen LogP contribution in [0.1, 0.15) is 28.1 Å². The fraction of sp³-hybridized carbons (Fsp3) is 0.130. The predicted octanol–water partition coefficient (Wildman–Crippen LogP) is 4.45. The number of carbonyl (C=O) groups is 2. The van der Waals surface area contributed by atoms with E-state index >= 15 is 0 Å². The smallest absolute Gasteiger partial charge is 0.267 e. The van der Waals surface area contributed by atoms with Crippen molar-refractivity contribution < 1.29 is 14.0 Å². The Bertz CT molecular complexity index is 965. The largest absolute Gasteiger partial charge is 0.465 e. The molecule has 29 heavy (non-hydrogen) atoms. The maximum absolute atomic E-state index is 12.6. The van der Waals surface area contributed by atoms with Crippen molar-refractivity contribution in [3.63, 3.8) is 0 Å². The number of nitrogens with one attached hydrogen (secondary N) is 2. The van der Waals surface area contributed by atoms with Crippen LogP contribution < -0.4 is 10.6 Å². The van der Waals surface area contributed by atoms with Crippen molar-refractivity contribution in [2.45, 2.75) is 12.8 Å². The molecule has 1 heterocycles. The zero-order valence-electron chi connectivity index (χ0n) is 15.7. The van der Waals surface area contributed by atoms with E-state index in [9.17, 15) is 9.59 Å². The Morgan fingerprint density at radius 3 is 2.41 bits per heavy atom. The fourth-order valence-electron chi connectivity index (χ4n) is 2.70. The van der Waals surface area contributed by atoms with Crippen LogP contribution in [-0.4, -0.2) is 18.4 Å². The molecule has 0 spiro atoms. The molecular formula is C23H21ClN2O3. The average Bonchev–Trinajstić information content (AvgIpc) is 3.25. The zero-order chi connectivity index (χ0) is 20.5. The third-order valence-electron chi connectivity index (χ3n) is 4.20. The maximum Gasteiger partial charge on any atom is 0.267 e. The summed E-state index contributed by atoms with van der Waals surface area (Å²) in [4.78, 5) is 25.1. The van der Waals surface area contributed by atoms with Gasteiger partial charge in [0.1, 0.15) is 11.5 Å². The summed E-state index contributed by atoms with van der Waals surface area (Å²) in [6.07, 6.45) is 4.58. The molecule has 0 saturated carbocycles. The molecule has 0 aliphatic carbocycles. The number of carbonyl (C=O) groups excluding carboxylic acids is 2. The topological polar surface area (TPSA) is 71.3 Å². The summed E-state index contributed by atoms with van der Waals surface area (Å²) in [6, 6.07) is 19.8. The third-order valence-corrected chi connectivity index (χ3v) is 4.45. The monoisotopic (exact) mass is 408 g/mol. The van der Waals surface area contributed by atoms with E-state index in [0.29, 0.717) is 22.9 Å². The highest BCUT2D eigenvalue weighted by atomic mass is 35.5. The summed E-state index contributed by atoms with van der Waals surface area (Å²) in [5.41, 5.74) is 1.74. The van der Waals surface area contributed by atoms with E-state index in [0.717, 1.165) is 18.4 Å². The minimum absolute atomic E-state index is 0.125. The first kappa shape index (κ1) is 20.4. The van der Waals surface area contributed by atoms with Crippen molar-refractivity contribution in [3.8, 4) is 0 Å². The molecule has 2 N–H and O–H groups in total. The van der Waals surface area contributed by atoms with E-state index in [1.165, 1.54) is 12.3 Å². The van der Waals surface area contributed by atoms with Gasteiger partial charge < -0.3 is 15.1 Å². The molecule has 2 aromatic carbocycles. The molecule has 0 saturated heterocycles. The normalized spacial score (nSPS) is 11.1. The molecule has 0 unspecified atom stereocenters. The van der Waals surface area contributed by atoms with Gasteiger partial charge in [-0.3, -0.25) is 9.59 Å². The van der Waals surface area contributed by atoms with E-state index in [1.807, 2.05) is 30.3 Å². The minimum Gasteiger partial charge on any atom is -0.465 e. The summed E-state index contributed by atoms with van der Waals surface area (Å²) < 4.78 is 5.28. The van der Waals surface area contributed by atoms with Crippen LogP contribution in [0, 0.1) is 0 Å². The lowest BCUT2D eigenvalue weighted by atomic mass is 10.1. The third kappa shape index (κ3) is 6.36. The van der Waals surface area contributed by atoms with E-state index < -0.39 is 0 Å². The van der Waals surface area contributed by atoms with Gasteiger partial charge in [-0.1, -0.05) is 41.9 Å². The number of aryl methyl sites for hydroxylation is 1. The van der Waals surface area contributed by atoms with Crippen LogP contribution >= 0.6 is 11.6 Å². The number of hydrogen-bond acceptors (Lipinski definition) is 3. The Balaban J connectivity index is 1.60. The molecule has 3 rings (SSSR count). The predicted molar refractivity (Wildman–Crippen MR) is 113 cm³/mol. The first-order valence-electron chi connectivity index (χ1n) is 9.26. The van der Waals surface area contributed by atoms with E-state index in [1.54, 1.807) is 36.4 Å². The van der Waals surface area contributed by atoms with E-state index in [-0.39, 0.29) is 17.5 Å². The van der Waals surface area contributed by atoms with Gasteiger partial charge in [-0.25, -0.2) is 0 Å². The molecule has 0 radical (unpaired) electrons. The summed E-state index contributed by atoms with van der Waals surface area (Å²) in [7, 11) is 0. The SMILES string of the molecule is O=C(NCCCc1ccc(Cl)cc1)/C(=C/c1ccco1)NC(=O)c1ccccc1. The highest BCUT2D eigenvalue weighted by Gasteiger charge is 2.14. The van der Waals surface area contributed by atoms with E-state index in [2.05, 4.69) is 10.6 Å². The molecule has 0 bridgehead atoms. The average molecular weight is 409 g/mol. The van der Waals surface area contributed by atoms with Crippen molar-refractivity contribution in [1.82, 2.24) is 10.6 Å². The maximum atomic E-state index is 12.6. The van der Waals surface area contributed by atoms with Crippen molar-refractivity contribution in [2.75, 3.05) is 6.54 Å². The standard InChI is InChI=1S/C23H21ClN2O3/c24-19-12-10-17(11-13-19)6-4-14-25-23(28)21(16-20-9-5-15-29-20)26-22(27)18-7-2-1-3-8-18/h1-3,5,7-13,15-16H,4,6,14H2,(H,25,28)(H,26,27)/b21-16-. The highest BCUT2D eigenvalue weighted by Crippen LogP contribution is 2.11. The van der Waals surface area contributed by atoms with Gasteiger partial charge in [0.05, 0.1) is 6.26 Å². The van der Waals surface area contributed by atoms with Crippen LogP contribution in [0.3, 0.4) is 0 Å². The minimum atomic E-state index is -0.373. The number of rotatable bonds is 8. The van der Waals surface area contributed by atoms with Crippen LogP contribution in [0.5, 0.6) is 0 Å². The Labute approximate surface area is 174 Å². The molecule has 1 aromatic heterocycles.